The zero-order valence-corrected chi connectivity index (χ0v) is 15.6. The van der Waals surface area contributed by atoms with E-state index in [1.165, 1.54) is 0 Å². The Kier molecular flexibility index (Phi) is 10.9. The summed E-state index contributed by atoms with van der Waals surface area (Å²) in [7, 11) is 3.86. The fourth-order valence-electron chi connectivity index (χ4n) is 1.99. The van der Waals surface area contributed by atoms with Gasteiger partial charge in [-0.1, -0.05) is 13.0 Å². The van der Waals surface area contributed by atoms with Gasteiger partial charge in [0.05, 0.1) is 0 Å². The van der Waals surface area contributed by atoms with Gasteiger partial charge in [0.25, 0.3) is 0 Å². The Morgan fingerprint density at radius 1 is 1.57 bits per heavy atom. The van der Waals surface area contributed by atoms with Gasteiger partial charge in [0, 0.05) is 40.2 Å². The van der Waals surface area contributed by atoms with E-state index in [2.05, 4.69) is 50.5 Å². The summed E-state index contributed by atoms with van der Waals surface area (Å²) in [6.45, 7) is 8.44. The normalized spacial score (nSPS) is 10.9. The topological polar surface area (TPSA) is 58.3 Å². The van der Waals surface area contributed by atoms with Crippen molar-refractivity contribution in [1.29, 1.82) is 0 Å². The summed E-state index contributed by atoms with van der Waals surface area (Å²) in [6.07, 6.45) is 6.74. The standard InChI is InChI=1S/C14H26N6.HI/c1-5-7-8-10-19(4)14(15-3)16-9-11-20-12-17-18-13(20)6-2;/h5,12H,1,6-11H2,2-4H3,(H,15,16);1H. The van der Waals surface area contributed by atoms with E-state index in [-0.39, 0.29) is 24.0 Å². The first-order valence-corrected chi connectivity index (χ1v) is 7.12. The largest absolute Gasteiger partial charge is 0.354 e. The van der Waals surface area contributed by atoms with Crippen LogP contribution >= 0.6 is 24.0 Å². The molecule has 0 saturated carbocycles. The second-order valence-electron chi connectivity index (χ2n) is 4.62. The van der Waals surface area contributed by atoms with Crippen molar-refractivity contribution in [3.05, 3.63) is 24.8 Å². The SMILES string of the molecule is C=CCCCN(C)C(=NC)NCCn1cnnc1CC.I. The molecule has 7 heteroatoms. The van der Waals surface area contributed by atoms with E-state index in [0.717, 1.165) is 50.7 Å². The van der Waals surface area contributed by atoms with E-state index >= 15 is 0 Å². The number of nitrogens with one attached hydrogen (secondary N) is 1. The molecule has 0 radical (unpaired) electrons. The molecule has 0 unspecified atom stereocenters. The summed E-state index contributed by atoms with van der Waals surface area (Å²) in [5, 5.41) is 11.4. The lowest BCUT2D eigenvalue weighted by atomic mass is 10.3. The predicted molar refractivity (Wildman–Crippen MR) is 98.2 cm³/mol. The number of rotatable bonds is 8. The van der Waals surface area contributed by atoms with Crippen LogP contribution in [0.2, 0.25) is 0 Å². The van der Waals surface area contributed by atoms with Crippen molar-refractivity contribution in [2.45, 2.75) is 32.7 Å². The number of allylic oxidation sites excluding steroid dienone is 1. The van der Waals surface area contributed by atoms with Gasteiger partial charge in [0.15, 0.2) is 5.96 Å². The van der Waals surface area contributed by atoms with Crippen LogP contribution in [-0.2, 0) is 13.0 Å². The number of hydrogen-bond donors (Lipinski definition) is 1. The van der Waals surface area contributed by atoms with Crippen LogP contribution in [0.4, 0.5) is 0 Å². The van der Waals surface area contributed by atoms with Gasteiger partial charge in [-0.05, 0) is 12.8 Å². The summed E-state index contributed by atoms with van der Waals surface area (Å²) >= 11 is 0. The Morgan fingerprint density at radius 2 is 2.33 bits per heavy atom. The first-order valence-electron chi connectivity index (χ1n) is 7.12. The third-order valence-corrected chi connectivity index (χ3v) is 3.12. The molecule has 0 aromatic carbocycles. The van der Waals surface area contributed by atoms with Gasteiger partial charge < -0.3 is 14.8 Å². The van der Waals surface area contributed by atoms with Crippen LogP contribution in [0.1, 0.15) is 25.6 Å². The first kappa shape index (κ1) is 19.9. The van der Waals surface area contributed by atoms with Crippen LogP contribution < -0.4 is 5.32 Å². The average Bonchev–Trinajstić information content (AvgIpc) is 2.91. The van der Waals surface area contributed by atoms with E-state index in [1.54, 1.807) is 6.33 Å². The van der Waals surface area contributed by atoms with Gasteiger partial charge in [-0.3, -0.25) is 4.99 Å². The minimum Gasteiger partial charge on any atom is -0.354 e. The molecule has 0 bridgehead atoms. The Morgan fingerprint density at radius 3 is 2.95 bits per heavy atom. The molecule has 120 valence electrons. The number of unbranched alkanes of at least 4 members (excludes halogenated alkanes) is 1. The highest BCUT2D eigenvalue weighted by molar-refractivity contribution is 14.0. The van der Waals surface area contributed by atoms with Gasteiger partial charge in [-0.25, -0.2) is 0 Å². The molecule has 0 spiro atoms. The molecule has 0 aliphatic rings. The zero-order chi connectivity index (χ0) is 14.8. The number of aliphatic imine (C=N–C) groups is 1. The molecule has 0 saturated heterocycles. The number of hydrogen-bond acceptors (Lipinski definition) is 3. The lowest BCUT2D eigenvalue weighted by Crippen LogP contribution is -2.40. The summed E-state index contributed by atoms with van der Waals surface area (Å²) in [5.74, 6) is 1.93. The minimum absolute atomic E-state index is 0. The maximum absolute atomic E-state index is 4.29. The number of guanidine groups is 1. The molecule has 0 fully saturated rings. The smallest absolute Gasteiger partial charge is 0.193 e. The molecule has 1 rings (SSSR count). The molecule has 21 heavy (non-hydrogen) atoms. The van der Waals surface area contributed by atoms with Crippen molar-refractivity contribution < 1.29 is 0 Å². The van der Waals surface area contributed by atoms with E-state index in [4.69, 9.17) is 0 Å². The number of aryl methyl sites for hydroxylation is 1. The highest BCUT2D eigenvalue weighted by Crippen LogP contribution is 1.96. The molecule has 1 heterocycles. The Labute approximate surface area is 144 Å². The molecule has 6 nitrogen and oxygen atoms in total. The van der Waals surface area contributed by atoms with Gasteiger partial charge in [0.1, 0.15) is 12.2 Å². The van der Waals surface area contributed by atoms with Crippen molar-refractivity contribution in [3.8, 4) is 0 Å². The van der Waals surface area contributed by atoms with Crippen LogP contribution in [0.5, 0.6) is 0 Å². The van der Waals surface area contributed by atoms with Crippen LogP contribution in [0, 0.1) is 0 Å². The van der Waals surface area contributed by atoms with E-state index < -0.39 is 0 Å². The van der Waals surface area contributed by atoms with E-state index in [1.807, 2.05) is 13.1 Å². The van der Waals surface area contributed by atoms with Crippen LogP contribution in [0.15, 0.2) is 24.0 Å². The monoisotopic (exact) mass is 406 g/mol. The van der Waals surface area contributed by atoms with E-state index in [9.17, 15) is 0 Å². The first-order chi connectivity index (χ1) is 9.72. The van der Waals surface area contributed by atoms with Gasteiger partial charge >= 0.3 is 0 Å². The molecular formula is C14H27IN6. The van der Waals surface area contributed by atoms with Crippen molar-refractivity contribution in [1.82, 2.24) is 25.0 Å². The second kappa shape index (κ2) is 11.5. The molecule has 0 aliphatic heterocycles. The number of halogens is 1. The Bertz CT molecular complexity index is 429. The van der Waals surface area contributed by atoms with Crippen molar-refractivity contribution in [2.75, 3.05) is 27.2 Å². The summed E-state index contributed by atoms with van der Waals surface area (Å²) < 4.78 is 2.07. The van der Waals surface area contributed by atoms with E-state index in [0.29, 0.717) is 0 Å². The maximum Gasteiger partial charge on any atom is 0.193 e. The molecular weight excluding hydrogens is 379 g/mol. The molecule has 1 aromatic rings. The van der Waals surface area contributed by atoms with Gasteiger partial charge in [-0.2, -0.15) is 0 Å². The minimum atomic E-state index is 0. The Balaban J connectivity index is 0.00000400. The molecule has 1 N–H and O–H groups in total. The third-order valence-electron chi connectivity index (χ3n) is 3.12. The van der Waals surface area contributed by atoms with Crippen LogP contribution in [-0.4, -0.2) is 52.8 Å². The second-order valence-corrected chi connectivity index (χ2v) is 4.62. The molecule has 0 amide bonds. The fraction of sp³-hybridized carbons (Fsp3) is 0.643. The number of aromatic nitrogens is 3. The fourth-order valence-corrected chi connectivity index (χ4v) is 1.99. The van der Waals surface area contributed by atoms with Crippen molar-refractivity contribution in [3.63, 3.8) is 0 Å². The molecule has 0 atom stereocenters. The van der Waals surface area contributed by atoms with Gasteiger partial charge in [-0.15, -0.1) is 40.8 Å². The molecule has 1 aromatic heterocycles. The number of nitrogens with zero attached hydrogens (tertiary/aromatic N) is 5. The quantitative estimate of drug-likeness (QED) is 0.236. The summed E-state index contributed by atoms with van der Waals surface area (Å²) in [5.41, 5.74) is 0. The zero-order valence-electron chi connectivity index (χ0n) is 13.2. The maximum atomic E-state index is 4.29. The summed E-state index contributed by atoms with van der Waals surface area (Å²) in [4.78, 5) is 6.43. The highest BCUT2D eigenvalue weighted by atomic mass is 127. The lowest BCUT2D eigenvalue weighted by molar-refractivity contribution is 0.466. The van der Waals surface area contributed by atoms with Crippen molar-refractivity contribution >= 4 is 29.9 Å². The van der Waals surface area contributed by atoms with Crippen LogP contribution in [0.25, 0.3) is 0 Å². The average molecular weight is 406 g/mol. The predicted octanol–water partition coefficient (Wildman–Crippen LogP) is 1.93. The lowest BCUT2D eigenvalue weighted by Gasteiger charge is -2.22. The van der Waals surface area contributed by atoms with Crippen LogP contribution in [0.3, 0.4) is 0 Å². The highest BCUT2D eigenvalue weighted by Gasteiger charge is 2.05. The van der Waals surface area contributed by atoms with Gasteiger partial charge in [0.2, 0.25) is 0 Å². The third kappa shape index (κ3) is 6.92. The summed E-state index contributed by atoms with van der Waals surface area (Å²) in [6, 6.07) is 0. The Hall–Kier alpha value is -1.12. The van der Waals surface area contributed by atoms with Crippen molar-refractivity contribution in [2.24, 2.45) is 4.99 Å². The molecule has 0 aliphatic carbocycles.